The number of nitrogens with zero attached hydrogens (tertiary/aromatic N) is 4. The number of benzene rings is 2. The van der Waals surface area contributed by atoms with Crippen molar-refractivity contribution >= 4 is 40.3 Å². The van der Waals surface area contributed by atoms with Crippen LogP contribution < -0.4 is 26.0 Å². The molecule has 5 N–H and O–H groups in total. The first-order chi connectivity index (χ1) is 21.0. The maximum atomic E-state index is 13.3. The van der Waals surface area contributed by atoms with Crippen LogP contribution in [0.5, 0.6) is 11.5 Å². The molecule has 0 saturated heterocycles. The van der Waals surface area contributed by atoms with E-state index >= 15 is 0 Å². The summed E-state index contributed by atoms with van der Waals surface area (Å²) in [6, 6.07) is 18.7. The SMILES string of the molecule is CCCCc1cc(NC(=O)Nc2ccc(Oc3ccnc(NC(=O)NC)c3)c3ncccc23)n(-c2ccc(CO)cc2)n1. The third-order valence-electron chi connectivity index (χ3n) is 6.56. The van der Waals surface area contributed by atoms with Crippen molar-refractivity contribution < 1.29 is 19.4 Å². The predicted octanol–water partition coefficient (Wildman–Crippen LogP) is 5.84. The van der Waals surface area contributed by atoms with Gasteiger partial charge in [0, 0.05) is 37.0 Å². The van der Waals surface area contributed by atoms with E-state index in [9.17, 15) is 14.7 Å². The summed E-state index contributed by atoms with van der Waals surface area (Å²) in [4.78, 5) is 33.5. The number of carbonyl (C=O) groups is 2. The third kappa shape index (κ3) is 7.05. The summed E-state index contributed by atoms with van der Waals surface area (Å²) in [5.74, 6) is 1.75. The number of hydrogen-bond donors (Lipinski definition) is 5. The first kappa shape index (κ1) is 29.0. The monoisotopic (exact) mass is 580 g/mol. The van der Waals surface area contributed by atoms with E-state index in [1.54, 1.807) is 41.2 Å². The summed E-state index contributed by atoms with van der Waals surface area (Å²) in [6.07, 6.45) is 5.95. The number of anilines is 3. The highest BCUT2D eigenvalue weighted by atomic mass is 16.5. The molecule has 0 saturated carbocycles. The molecule has 5 aromatic rings. The molecule has 0 atom stereocenters. The molecule has 2 aromatic carbocycles. The number of pyridine rings is 2. The maximum Gasteiger partial charge on any atom is 0.324 e. The fourth-order valence-corrected chi connectivity index (χ4v) is 4.40. The van der Waals surface area contributed by atoms with E-state index in [1.165, 1.54) is 13.2 Å². The Morgan fingerprint density at radius 2 is 1.77 bits per heavy atom. The number of hydrogen-bond acceptors (Lipinski definition) is 7. The van der Waals surface area contributed by atoms with Crippen molar-refractivity contribution in [3.8, 4) is 17.2 Å². The molecule has 0 radical (unpaired) electrons. The molecule has 0 aliphatic rings. The predicted molar refractivity (Wildman–Crippen MR) is 165 cm³/mol. The summed E-state index contributed by atoms with van der Waals surface area (Å²) in [7, 11) is 1.51. The minimum Gasteiger partial charge on any atom is -0.455 e. The van der Waals surface area contributed by atoms with E-state index in [-0.39, 0.29) is 6.61 Å². The zero-order valence-electron chi connectivity index (χ0n) is 23.8. The molecule has 12 nitrogen and oxygen atoms in total. The minimum atomic E-state index is -0.451. The van der Waals surface area contributed by atoms with Crippen molar-refractivity contribution in [2.75, 3.05) is 23.0 Å². The number of amides is 4. The molecular formula is C31H32N8O4. The van der Waals surface area contributed by atoms with Gasteiger partial charge < -0.3 is 20.5 Å². The van der Waals surface area contributed by atoms with Crippen molar-refractivity contribution in [2.45, 2.75) is 32.8 Å². The van der Waals surface area contributed by atoms with Gasteiger partial charge in [-0.15, -0.1) is 0 Å². The number of ether oxygens (including phenoxy) is 1. The molecule has 0 bridgehead atoms. The third-order valence-corrected chi connectivity index (χ3v) is 6.56. The Bertz CT molecular complexity index is 1740. The standard InChI is InChI=1S/C31H32N8O4/c1-3-4-6-21-17-28(39(38-21)22-10-8-20(19-40)9-11-22)37-31(42)35-25-12-13-26(29-24(25)7-5-15-34-29)43-23-14-16-33-27(18-23)36-30(41)32-2/h5,7-18,40H,3-4,6,19H2,1-2H3,(H2,35,37,42)(H2,32,33,36,41). The quantitative estimate of drug-likeness (QED) is 0.139. The van der Waals surface area contributed by atoms with Gasteiger partial charge in [0.2, 0.25) is 0 Å². The Labute approximate surface area is 248 Å². The number of aryl methyl sites for hydroxylation is 1. The topological polar surface area (TPSA) is 155 Å². The molecule has 43 heavy (non-hydrogen) atoms. The number of aromatic nitrogens is 4. The number of fused-ring (bicyclic) bond motifs is 1. The van der Waals surface area contributed by atoms with Gasteiger partial charge in [0.1, 0.15) is 22.9 Å². The number of aliphatic hydroxyl groups is 1. The lowest BCUT2D eigenvalue weighted by molar-refractivity contribution is 0.254. The number of carbonyl (C=O) groups excluding carboxylic acids is 2. The fourth-order valence-electron chi connectivity index (χ4n) is 4.40. The van der Waals surface area contributed by atoms with E-state index in [2.05, 4.69) is 38.2 Å². The van der Waals surface area contributed by atoms with Gasteiger partial charge in [0.15, 0.2) is 5.75 Å². The Hall–Kier alpha value is -5.49. The lowest BCUT2D eigenvalue weighted by atomic mass is 10.1. The molecule has 220 valence electrons. The molecule has 0 fully saturated rings. The van der Waals surface area contributed by atoms with E-state index < -0.39 is 12.1 Å². The number of rotatable bonds is 10. The van der Waals surface area contributed by atoms with Gasteiger partial charge in [-0.25, -0.2) is 19.3 Å². The molecule has 4 amide bonds. The van der Waals surface area contributed by atoms with Crippen LogP contribution in [-0.4, -0.2) is 44.0 Å². The summed E-state index contributed by atoms with van der Waals surface area (Å²) in [5, 5.41) is 25.7. The van der Waals surface area contributed by atoms with Crippen LogP contribution >= 0.6 is 0 Å². The molecule has 3 aromatic heterocycles. The average Bonchev–Trinajstić information content (AvgIpc) is 3.43. The van der Waals surface area contributed by atoms with Crippen molar-refractivity contribution in [3.05, 3.63) is 90.4 Å². The summed E-state index contributed by atoms with van der Waals surface area (Å²) >= 11 is 0. The fraction of sp³-hybridized carbons (Fsp3) is 0.194. The van der Waals surface area contributed by atoms with Crippen molar-refractivity contribution in [2.24, 2.45) is 0 Å². The molecular weight excluding hydrogens is 548 g/mol. The smallest absolute Gasteiger partial charge is 0.324 e. The van der Waals surface area contributed by atoms with E-state index in [4.69, 9.17) is 9.84 Å². The molecule has 3 heterocycles. The molecule has 12 heteroatoms. The second-order valence-corrected chi connectivity index (χ2v) is 9.63. The molecule has 0 unspecified atom stereocenters. The van der Waals surface area contributed by atoms with E-state index in [0.29, 0.717) is 39.7 Å². The Morgan fingerprint density at radius 1 is 0.930 bits per heavy atom. The lowest BCUT2D eigenvalue weighted by Crippen LogP contribution is -2.24. The Kier molecular flexibility index (Phi) is 9.08. The number of nitrogens with one attached hydrogen (secondary N) is 4. The van der Waals surface area contributed by atoms with Gasteiger partial charge in [0.25, 0.3) is 0 Å². The van der Waals surface area contributed by atoms with Crippen LogP contribution in [0, 0.1) is 0 Å². The zero-order valence-corrected chi connectivity index (χ0v) is 23.8. The van der Waals surface area contributed by atoms with E-state index in [1.807, 2.05) is 36.4 Å². The lowest BCUT2D eigenvalue weighted by Gasteiger charge is -2.14. The highest BCUT2D eigenvalue weighted by Crippen LogP contribution is 2.33. The van der Waals surface area contributed by atoms with Gasteiger partial charge in [-0.1, -0.05) is 25.5 Å². The van der Waals surface area contributed by atoms with Crippen molar-refractivity contribution in [3.63, 3.8) is 0 Å². The average molecular weight is 581 g/mol. The maximum absolute atomic E-state index is 13.3. The van der Waals surface area contributed by atoms with Gasteiger partial charge in [-0.3, -0.25) is 15.6 Å². The second kappa shape index (κ2) is 13.4. The van der Waals surface area contributed by atoms with Crippen LogP contribution in [0.1, 0.15) is 31.0 Å². The summed E-state index contributed by atoms with van der Waals surface area (Å²) in [6.45, 7) is 2.06. The van der Waals surface area contributed by atoms with Gasteiger partial charge in [0.05, 0.1) is 23.7 Å². The summed E-state index contributed by atoms with van der Waals surface area (Å²) in [5.41, 5.74) is 3.48. The van der Waals surface area contributed by atoms with Crippen LogP contribution in [0.2, 0.25) is 0 Å². The Balaban J connectivity index is 1.37. The second-order valence-electron chi connectivity index (χ2n) is 9.63. The van der Waals surface area contributed by atoms with Gasteiger partial charge >= 0.3 is 12.1 Å². The molecule has 0 spiro atoms. The number of urea groups is 2. The number of aliphatic hydroxyl groups excluding tert-OH is 1. The molecule has 0 aliphatic heterocycles. The van der Waals surface area contributed by atoms with Gasteiger partial charge in [-0.2, -0.15) is 5.10 Å². The first-order valence-electron chi connectivity index (χ1n) is 13.8. The van der Waals surface area contributed by atoms with Crippen LogP contribution in [0.3, 0.4) is 0 Å². The van der Waals surface area contributed by atoms with Crippen molar-refractivity contribution in [1.82, 2.24) is 25.1 Å². The zero-order chi connectivity index (χ0) is 30.2. The summed E-state index contributed by atoms with van der Waals surface area (Å²) < 4.78 is 7.77. The van der Waals surface area contributed by atoms with Crippen LogP contribution in [0.15, 0.2) is 79.1 Å². The van der Waals surface area contributed by atoms with Gasteiger partial charge in [-0.05, 0) is 60.9 Å². The van der Waals surface area contributed by atoms with E-state index in [0.717, 1.165) is 36.2 Å². The molecule has 0 aliphatic carbocycles. The van der Waals surface area contributed by atoms with Crippen LogP contribution in [0.4, 0.5) is 26.9 Å². The van der Waals surface area contributed by atoms with Crippen LogP contribution in [-0.2, 0) is 13.0 Å². The molecule has 5 rings (SSSR count). The minimum absolute atomic E-state index is 0.0558. The largest absolute Gasteiger partial charge is 0.455 e. The van der Waals surface area contributed by atoms with Crippen LogP contribution in [0.25, 0.3) is 16.6 Å². The van der Waals surface area contributed by atoms with Crippen molar-refractivity contribution in [1.29, 1.82) is 0 Å². The highest BCUT2D eigenvalue weighted by molar-refractivity contribution is 6.06. The normalized spacial score (nSPS) is 10.8. The number of unbranched alkanes of at least 4 members (excludes halogenated alkanes) is 1. The Morgan fingerprint density at radius 3 is 2.53 bits per heavy atom. The highest BCUT2D eigenvalue weighted by Gasteiger charge is 2.16. The first-order valence-corrected chi connectivity index (χ1v) is 13.8.